The molecule has 2 aliphatic heterocycles. The molecule has 0 atom stereocenters. The normalized spacial score (nSPS) is 28.4. The lowest BCUT2D eigenvalue weighted by atomic mass is 9.74. The zero-order valence-corrected chi connectivity index (χ0v) is 15.0. The van der Waals surface area contributed by atoms with Gasteiger partial charge in [0.05, 0.1) is 17.8 Å². The predicted molar refractivity (Wildman–Crippen MR) is 89.0 cm³/mol. The molecule has 0 N–H and O–H groups in total. The van der Waals surface area contributed by atoms with Crippen LogP contribution in [0.3, 0.4) is 0 Å². The second-order valence-electron chi connectivity index (χ2n) is 7.82. The molecular formula is C17H28BNO4. The third kappa shape index (κ3) is 2.85. The maximum Gasteiger partial charge on any atom is 0.490 e. The number of rotatable bonds is 4. The fourth-order valence-corrected chi connectivity index (χ4v) is 3.32. The van der Waals surface area contributed by atoms with E-state index in [0.717, 1.165) is 32.4 Å². The van der Waals surface area contributed by atoms with E-state index in [4.69, 9.17) is 14.0 Å². The lowest BCUT2D eigenvalue weighted by Gasteiger charge is -2.33. The lowest BCUT2D eigenvalue weighted by Crippen LogP contribution is -2.47. The van der Waals surface area contributed by atoms with Gasteiger partial charge in [0.2, 0.25) is 0 Å². The quantitative estimate of drug-likeness (QED) is 0.588. The fraction of sp³-hybridized carbons (Fsp3) is 0.824. The highest BCUT2D eigenvalue weighted by molar-refractivity contribution is 6.54. The van der Waals surface area contributed by atoms with Crippen molar-refractivity contribution in [1.29, 1.82) is 0 Å². The summed E-state index contributed by atoms with van der Waals surface area (Å²) in [5.74, 6) is -0.0625. The predicted octanol–water partition coefficient (Wildman–Crippen LogP) is 2.35. The molecule has 6 heteroatoms. The van der Waals surface area contributed by atoms with Crippen molar-refractivity contribution in [1.82, 2.24) is 4.90 Å². The molecule has 1 aliphatic carbocycles. The summed E-state index contributed by atoms with van der Waals surface area (Å²) in [6.45, 7) is 12.2. The first-order valence-corrected chi connectivity index (χ1v) is 8.69. The van der Waals surface area contributed by atoms with Gasteiger partial charge in [0, 0.05) is 13.1 Å². The number of hydrogen-bond donors (Lipinski definition) is 0. The Kier molecular flexibility index (Phi) is 4.14. The second-order valence-corrected chi connectivity index (χ2v) is 7.82. The molecule has 3 aliphatic rings. The van der Waals surface area contributed by atoms with Crippen LogP contribution in [0.25, 0.3) is 0 Å². The van der Waals surface area contributed by atoms with Crippen molar-refractivity contribution in [2.45, 2.75) is 70.6 Å². The van der Waals surface area contributed by atoms with Gasteiger partial charge in [-0.15, -0.1) is 0 Å². The molecule has 1 saturated heterocycles. The van der Waals surface area contributed by atoms with E-state index < -0.39 is 0 Å². The molecule has 0 aromatic heterocycles. The lowest BCUT2D eigenvalue weighted by molar-refractivity contribution is -0.151. The van der Waals surface area contributed by atoms with Crippen LogP contribution < -0.4 is 0 Å². The Labute approximate surface area is 139 Å². The molecule has 0 spiro atoms. The van der Waals surface area contributed by atoms with Gasteiger partial charge in [-0.25, -0.2) is 0 Å². The third-order valence-electron chi connectivity index (χ3n) is 5.78. The van der Waals surface area contributed by atoms with Crippen molar-refractivity contribution < 1.29 is 18.8 Å². The molecule has 0 aromatic carbocycles. The minimum absolute atomic E-state index is 0.0625. The molecule has 0 aromatic rings. The molecule has 5 nitrogen and oxygen atoms in total. The average Bonchev–Trinajstić information content (AvgIpc) is 3.24. The van der Waals surface area contributed by atoms with Crippen LogP contribution in [0.2, 0.25) is 0 Å². The van der Waals surface area contributed by atoms with E-state index in [-0.39, 0.29) is 29.8 Å². The summed E-state index contributed by atoms with van der Waals surface area (Å²) < 4.78 is 17.5. The largest absolute Gasteiger partial charge is 0.490 e. The van der Waals surface area contributed by atoms with Crippen LogP contribution in [0.5, 0.6) is 0 Å². The molecular weight excluding hydrogens is 293 g/mol. The highest BCUT2D eigenvalue weighted by atomic mass is 16.7. The van der Waals surface area contributed by atoms with Crippen LogP contribution in [-0.2, 0) is 18.8 Å². The first-order chi connectivity index (χ1) is 10.7. The average molecular weight is 321 g/mol. The molecule has 0 amide bonds. The first-order valence-electron chi connectivity index (χ1n) is 8.69. The maximum absolute atomic E-state index is 12.2. The Morgan fingerprint density at radius 1 is 1.26 bits per heavy atom. The number of esters is 1. The molecule has 0 radical (unpaired) electrons. The zero-order chi connectivity index (χ0) is 16.9. The van der Waals surface area contributed by atoms with Crippen LogP contribution in [0.1, 0.15) is 53.9 Å². The standard InChI is InChI=1S/C17H28BNO4/c1-6-21-14(20)17(9-10-17)19-11-7-13(8-12-19)18-22-15(2,3)16(4,5)23-18/h7H,6,8-12H2,1-5H3. The van der Waals surface area contributed by atoms with Gasteiger partial charge in [-0.05, 0) is 59.4 Å². The summed E-state index contributed by atoms with van der Waals surface area (Å²) in [6.07, 6.45) is 4.86. The van der Waals surface area contributed by atoms with Gasteiger partial charge in [0.15, 0.2) is 0 Å². The van der Waals surface area contributed by atoms with E-state index in [1.54, 1.807) is 0 Å². The van der Waals surface area contributed by atoms with Crippen molar-refractivity contribution in [3.8, 4) is 0 Å². The van der Waals surface area contributed by atoms with Crippen LogP contribution in [0, 0.1) is 0 Å². The molecule has 0 bridgehead atoms. The summed E-state index contributed by atoms with van der Waals surface area (Å²) in [7, 11) is -0.264. The molecule has 128 valence electrons. The number of carbonyl (C=O) groups is 1. The minimum Gasteiger partial charge on any atom is -0.465 e. The van der Waals surface area contributed by atoms with Crippen molar-refractivity contribution >= 4 is 13.1 Å². The van der Waals surface area contributed by atoms with Crippen LogP contribution in [-0.4, -0.2) is 54.4 Å². The molecule has 23 heavy (non-hydrogen) atoms. The monoisotopic (exact) mass is 321 g/mol. The highest BCUT2D eigenvalue weighted by Gasteiger charge is 2.57. The Bertz CT molecular complexity index is 509. The van der Waals surface area contributed by atoms with Crippen molar-refractivity contribution in [2.24, 2.45) is 0 Å². The maximum atomic E-state index is 12.2. The number of nitrogens with zero attached hydrogens (tertiary/aromatic N) is 1. The van der Waals surface area contributed by atoms with Gasteiger partial charge >= 0.3 is 13.1 Å². The number of carbonyl (C=O) groups excluding carboxylic acids is 1. The van der Waals surface area contributed by atoms with E-state index in [1.807, 2.05) is 6.92 Å². The van der Waals surface area contributed by atoms with Crippen LogP contribution in [0.4, 0.5) is 0 Å². The van der Waals surface area contributed by atoms with E-state index in [0.29, 0.717) is 6.61 Å². The van der Waals surface area contributed by atoms with Crippen LogP contribution in [0.15, 0.2) is 11.5 Å². The van der Waals surface area contributed by atoms with E-state index in [9.17, 15) is 4.79 Å². The van der Waals surface area contributed by atoms with E-state index in [1.165, 1.54) is 5.47 Å². The fourth-order valence-electron chi connectivity index (χ4n) is 3.32. The molecule has 2 heterocycles. The van der Waals surface area contributed by atoms with Gasteiger partial charge in [-0.1, -0.05) is 6.08 Å². The highest BCUT2D eigenvalue weighted by Crippen LogP contribution is 2.45. The zero-order valence-electron chi connectivity index (χ0n) is 15.0. The van der Waals surface area contributed by atoms with Crippen molar-refractivity contribution in [2.75, 3.05) is 19.7 Å². The molecule has 1 saturated carbocycles. The van der Waals surface area contributed by atoms with E-state index >= 15 is 0 Å². The number of hydrogen-bond acceptors (Lipinski definition) is 5. The second kappa shape index (κ2) is 5.61. The van der Waals surface area contributed by atoms with Crippen molar-refractivity contribution in [3.63, 3.8) is 0 Å². The Morgan fingerprint density at radius 2 is 1.87 bits per heavy atom. The first kappa shape index (κ1) is 17.0. The summed E-state index contributed by atoms with van der Waals surface area (Å²) in [5, 5.41) is 0. The third-order valence-corrected chi connectivity index (χ3v) is 5.78. The SMILES string of the molecule is CCOC(=O)C1(N2CC=C(B3OC(C)(C)C(C)(C)O3)CC2)CC1. The Morgan fingerprint density at radius 3 is 2.30 bits per heavy atom. The van der Waals surface area contributed by atoms with E-state index in [2.05, 4.69) is 38.7 Å². The Balaban J connectivity index is 1.65. The molecule has 0 unspecified atom stereocenters. The van der Waals surface area contributed by atoms with Gasteiger partial charge in [-0.2, -0.15) is 0 Å². The smallest absolute Gasteiger partial charge is 0.465 e. The van der Waals surface area contributed by atoms with Gasteiger partial charge in [0.25, 0.3) is 0 Å². The summed E-state index contributed by atoms with van der Waals surface area (Å²) in [4.78, 5) is 14.5. The topological polar surface area (TPSA) is 48.0 Å². The summed E-state index contributed by atoms with van der Waals surface area (Å²) in [6, 6.07) is 0. The Hall–Kier alpha value is -0.845. The minimum atomic E-state index is -0.367. The molecule has 3 rings (SSSR count). The van der Waals surface area contributed by atoms with Crippen LogP contribution >= 0.6 is 0 Å². The summed E-state index contributed by atoms with van der Waals surface area (Å²) in [5.41, 5.74) is 0.212. The number of ether oxygens (including phenoxy) is 1. The van der Waals surface area contributed by atoms with Gasteiger partial charge < -0.3 is 14.0 Å². The van der Waals surface area contributed by atoms with Gasteiger partial charge in [0.1, 0.15) is 5.54 Å². The molecule has 2 fully saturated rings. The van der Waals surface area contributed by atoms with Gasteiger partial charge in [-0.3, -0.25) is 9.69 Å². The summed E-state index contributed by atoms with van der Waals surface area (Å²) >= 11 is 0. The van der Waals surface area contributed by atoms with Crippen molar-refractivity contribution in [3.05, 3.63) is 11.5 Å².